The van der Waals surface area contributed by atoms with Gasteiger partial charge in [-0.2, -0.15) is 4.31 Å². The maximum atomic E-state index is 13.3. The molecule has 0 atom stereocenters. The van der Waals surface area contributed by atoms with Crippen molar-refractivity contribution < 1.29 is 8.42 Å². The van der Waals surface area contributed by atoms with E-state index < -0.39 is 10.0 Å². The van der Waals surface area contributed by atoms with Crippen molar-refractivity contribution in [2.75, 3.05) is 13.1 Å². The third kappa shape index (κ3) is 4.07. The van der Waals surface area contributed by atoms with Crippen molar-refractivity contribution in [3.8, 4) is 11.4 Å². The summed E-state index contributed by atoms with van der Waals surface area (Å²) in [5.74, 6) is 1.25. The summed E-state index contributed by atoms with van der Waals surface area (Å²) >= 11 is 0. The lowest BCUT2D eigenvalue weighted by Crippen LogP contribution is -2.39. The summed E-state index contributed by atoms with van der Waals surface area (Å²) in [6.45, 7) is 5.15. The molecule has 0 radical (unpaired) electrons. The maximum Gasteiger partial charge on any atom is 0.243 e. The van der Waals surface area contributed by atoms with E-state index in [2.05, 4.69) is 35.5 Å². The molecule has 0 aliphatic carbocycles. The number of fused-ring (bicyclic) bond motifs is 1. The molecule has 0 saturated carbocycles. The van der Waals surface area contributed by atoms with Gasteiger partial charge in [0.15, 0.2) is 5.65 Å². The summed E-state index contributed by atoms with van der Waals surface area (Å²) in [5, 5.41) is 0. The van der Waals surface area contributed by atoms with Gasteiger partial charge in [0.25, 0.3) is 0 Å². The maximum absolute atomic E-state index is 13.3. The SMILES string of the molecule is CC(C)c1ccc(S(=O)(=O)N2CCC(n3c(-c4ccccc4)nc4cccnc43)CC2)cc1. The van der Waals surface area contributed by atoms with Gasteiger partial charge in [0.1, 0.15) is 11.3 Å². The Labute approximate surface area is 195 Å². The van der Waals surface area contributed by atoms with E-state index >= 15 is 0 Å². The molecule has 1 saturated heterocycles. The topological polar surface area (TPSA) is 68.1 Å². The standard InChI is InChI=1S/C26H28N4O2S/c1-19(2)20-10-12-23(13-11-20)33(31,32)29-17-14-22(15-18-29)30-25(21-7-4-3-5-8-21)28-24-9-6-16-27-26(24)30/h3-13,16,19,22H,14-15,17-18H2,1-2H3. The lowest BCUT2D eigenvalue weighted by atomic mass is 10.0. The zero-order valence-corrected chi connectivity index (χ0v) is 19.7. The van der Waals surface area contributed by atoms with Crippen LogP contribution in [0.15, 0.2) is 77.8 Å². The molecule has 1 aliphatic rings. The molecule has 6 nitrogen and oxygen atoms in total. The van der Waals surface area contributed by atoms with Crippen LogP contribution in [-0.2, 0) is 10.0 Å². The Morgan fingerprint density at radius 2 is 1.61 bits per heavy atom. The predicted molar refractivity (Wildman–Crippen MR) is 131 cm³/mol. The van der Waals surface area contributed by atoms with Crippen molar-refractivity contribution in [1.29, 1.82) is 0 Å². The molecule has 0 bridgehead atoms. The van der Waals surface area contributed by atoms with Gasteiger partial charge in [-0.25, -0.2) is 18.4 Å². The second-order valence-electron chi connectivity index (χ2n) is 8.88. The summed E-state index contributed by atoms with van der Waals surface area (Å²) in [7, 11) is -3.51. The molecule has 0 N–H and O–H groups in total. The number of imidazole rings is 1. The van der Waals surface area contributed by atoms with Gasteiger partial charge in [-0.1, -0.05) is 56.3 Å². The van der Waals surface area contributed by atoms with Gasteiger partial charge in [-0.15, -0.1) is 0 Å². The number of hydrogen-bond donors (Lipinski definition) is 0. The van der Waals surface area contributed by atoms with Crippen LogP contribution in [-0.4, -0.2) is 40.3 Å². The number of nitrogens with zero attached hydrogens (tertiary/aromatic N) is 4. The third-order valence-electron chi connectivity index (χ3n) is 6.45. The zero-order valence-electron chi connectivity index (χ0n) is 18.9. The molecule has 170 valence electrons. The Morgan fingerprint density at radius 3 is 2.27 bits per heavy atom. The summed E-state index contributed by atoms with van der Waals surface area (Å²) in [6.07, 6.45) is 3.21. The summed E-state index contributed by atoms with van der Waals surface area (Å²) in [6, 6.07) is 21.4. The monoisotopic (exact) mass is 460 g/mol. The molecule has 1 aliphatic heterocycles. The van der Waals surface area contributed by atoms with E-state index in [-0.39, 0.29) is 6.04 Å². The minimum Gasteiger partial charge on any atom is -0.305 e. The highest BCUT2D eigenvalue weighted by molar-refractivity contribution is 7.89. The van der Waals surface area contributed by atoms with Gasteiger partial charge in [0.2, 0.25) is 10.0 Å². The van der Waals surface area contributed by atoms with Gasteiger partial charge in [-0.3, -0.25) is 0 Å². The number of pyridine rings is 1. The number of rotatable bonds is 5. The summed E-state index contributed by atoms with van der Waals surface area (Å²) in [5.41, 5.74) is 3.88. The van der Waals surface area contributed by atoms with Crippen LogP contribution in [0, 0.1) is 0 Å². The van der Waals surface area contributed by atoms with E-state index in [0.29, 0.717) is 36.7 Å². The fraction of sp³-hybridized carbons (Fsp3) is 0.308. The van der Waals surface area contributed by atoms with Crippen molar-refractivity contribution >= 4 is 21.2 Å². The first-order chi connectivity index (χ1) is 15.9. The van der Waals surface area contributed by atoms with E-state index in [0.717, 1.165) is 28.1 Å². The van der Waals surface area contributed by atoms with Crippen molar-refractivity contribution in [2.45, 2.75) is 43.5 Å². The van der Waals surface area contributed by atoms with Crippen LogP contribution in [0.2, 0.25) is 0 Å². The normalized spacial score (nSPS) is 16.0. The van der Waals surface area contributed by atoms with E-state index in [9.17, 15) is 8.42 Å². The van der Waals surface area contributed by atoms with Crippen molar-refractivity contribution in [2.24, 2.45) is 0 Å². The van der Waals surface area contributed by atoms with Gasteiger partial charge in [-0.05, 0) is 48.6 Å². The first-order valence-corrected chi connectivity index (χ1v) is 12.9. The number of piperidine rings is 1. The minimum atomic E-state index is -3.51. The van der Waals surface area contributed by atoms with Crippen molar-refractivity contribution in [1.82, 2.24) is 18.8 Å². The van der Waals surface area contributed by atoms with Crippen LogP contribution < -0.4 is 0 Å². The van der Waals surface area contributed by atoms with Crippen LogP contribution in [0.25, 0.3) is 22.6 Å². The van der Waals surface area contributed by atoms with Crippen molar-refractivity contribution in [3.05, 3.63) is 78.5 Å². The molecule has 5 rings (SSSR count). The van der Waals surface area contributed by atoms with Gasteiger partial charge >= 0.3 is 0 Å². The van der Waals surface area contributed by atoms with Crippen LogP contribution in [0.3, 0.4) is 0 Å². The molecule has 1 fully saturated rings. The smallest absolute Gasteiger partial charge is 0.243 e. The zero-order chi connectivity index (χ0) is 23.0. The van der Waals surface area contributed by atoms with Crippen LogP contribution in [0.5, 0.6) is 0 Å². The first kappa shape index (κ1) is 21.8. The number of sulfonamides is 1. The molecule has 0 unspecified atom stereocenters. The lowest BCUT2D eigenvalue weighted by molar-refractivity contribution is 0.278. The first-order valence-electron chi connectivity index (χ1n) is 11.4. The van der Waals surface area contributed by atoms with Crippen LogP contribution in [0.4, 0.5) is 0 Å². The molecule has 0 amide bonds. The number of hydrogen-bond acceptors (Lipinski definition) is 4. The van der Waals surface area contributed by atoms with E-state index in [1.54, 1.807) is 22.6 Å². The van der Waals surface area contributed by atoms with E-state index in [4.69, 9.17) is 4.98 Å². The molecule has 3 heterocycles. The predicted octanol–water partition coefficient (Wildman–Crippen LogP) is 5.25. The van der Waals surface area contributed by atoms with Gasteiger partial charge in [0, 0.05) is 30.9 Å². The van der Waals surface area contributed by atoms with Crippen molar-refractivity contribution in [3.63, 3.8) is 0 Å². The lowest BCUT2D eigenvalue weighted by Gasteiger charge is -2.32. The molecule has 2 aromatic heterocycles. The Morgan fingerprint density at radius 1 is 0.909 bits per heavy atom. The largest absolute Gasteiger partial charge is 0.305 e. The molecular weight excluding hydrogens is 432 g/mol. The van der Waals surface area contributed by atoms with Gasteiger partial charge in [0.05, 0.1) is 4.90 Å². The highest BCUT2D eigenvalue weighted by Crippen LogP contribution is 2.34. The summed E-state index contributed by atoms with van der Waals surface area (Å²) in [4.78, 5) is 9.84. The van der Waals surface area contributed by atoms with Crippen LogP contribution in [0.1, 0.15) is 44.2 Å². The molecule has 0 spiro atoms. The highest BCUT2D eigenvalue weighted by atomic mass is 32.2. The third-order valence-corrected chi connectivity index (χ3v) is 8.37. The number of aromatic nitrogens is 3. The second-order valence-corrected chi connectivity index (χ2v) is 10.8. The molecular formula is C26H28N4O2S. The average molecular weight is 461 g/mol. The minimum absolute atomic E-state index is 0.134. The molecule has 7 heteroatoms. The fourth-order valence-electron chi connectivity index (χ4n) is 4.58. The second kappa shape index (κ2) is 8.72. The fourth-order valence-corrected chi connectivity index (χ4v) is 6.05. The molecule has 33 heavy (non-hydrogen) atoms. The van der Waals surface area contributed by atoms with E-state index in [1.807, 2.05) is 42.5 Å². The quantitative estimate of drug-likeness (QED) is 0.408. The average Bonchev–Trinajstić information content (AvgIpc) is 3.24. The molecule has 2 aromatic carbocycles. The van der Waals surface area contributed by atoms with E-state index in [1.165, 1.54) is 0 Å². The van der Waals surface area contributed by atoms with Gasteiger partial charge < -0.3 is 4.57 Å². The number of benzene rings is 2. The summed E-state index contributed by atoms with van der Waals surface area (Å²) < 4.78 is 30.3. The molecule has 4 aromatic rings. The van der Waals surface area contributed by atoms with Crippen LogP contribution >= 0.6 is 0 Å². The Hall–Kier alpha value is -3.03. The Bertz CT molecular complexity index is 1350. The Kier molecular flexibility index (Phi) is 5.76. The Balaban J connectivity index is 1.42. The highest BCUT2D eigenvalue weighted by Gasteiger charge is 2.32.